The number of nitrogens with one attached hydrogen (secondary N) is 1. The number of benzene rings is 2. The SMILES string of the molecule is O=C1NN=C(c2ccc(N3C=CCC3)cc2)CC1(c1cccc2ncccc12)C(F)(F)F. The zero-order valence-electron chi connectivity index (χ0n) is 16.9. The van der Waals surface area contributed by atoms with E-state index >= 15 is 0 Å². The van der Waals surface area contributed by atoms with Gasteiger partial charge in [0.2, 0.25) is 0 Å². The highest BCUT2D eigenvalue weighted by atomic mass is 19.4. The third-order valence-corrected chi connectivity index (χ3v) is 6.06. The fourth-order valence-corrected chi connectivity index (χ4v) is 4.38. The van der Waals surface area contributed by atoms with Crippen LogP contribution in [0.15, 0.2) is 78.2 Å². The van der Waals surface area contributed by atoms with Crippen LogP contribution in [0.4, 0.5) is 18.9 Å². The highest BCUT2D eigenvalue weighted by Gasteiger charge is 2.63. The summed E-state index contributed by atoms with van der Waals surface area (Å²) in [4.78, 5) is 19.1. The standard InChI is InChI=1S/C24H19F3N4O/c25-24(26,27)23(19-6-3-7-20-18(19)5-4-12-28-20)15-21(29-30-22(23)32)16-8-10-17(11-9-16)31-13-1-2-14-31/h1,3-13H,2,14-15H2,(H,30,32). The summed E-state index contributed by atoms with van der Waals surface area (Å²) in [6.07, 6.45) is 1.07. The Labute approximate surface area is 182 Å². The van der Waals surface area contributed by atoms with Gasteiger partial charge in [-0.15, -0.1) is 0 Å². The second-order valence-corrected chi connectivity index (χ2v) is 7.87. The summed E-state index contributed by atoms with van der Waals surface area (Å²) in [6, 6.07) is 14.8. The molecule has 5 rings (SSSR count). The smallest absolute Gasteiger partial charge is 0.348 e. The quantitative estimate of drug-likeness (QED) is 0.649. The predicted molar refractivity (Wildman–Crippen MR) is 116 cm³/mol. The number of pyridine rings is 1. The first-order chi connectivity index (χ1) is 15.4. The van der Waals surface area contributed by atoms with Gasteiger partial charge in [0.1, 0.15) is 0 Å². The van der Waals surface area contributed by atoms with Gasteiger partial charge in [-0.3, -0.25) is 9.78 Å². The molecule has 1 amide bonds. The van der Waals surface area contributed by atoms with Gasteiger partial charge in [-0.2, -0.15) is 18.3 Å². The Hall–Kier alpha value is -3.68. The number of hydrogen-bond acceptors (Lipinski definition) is 4. The molecule has 2 aliphatic heterocycles. The van der Waals surface area contributed by atoms with Crippen molar-refractivity contribution < 1.29 is 18.0 Å². The first kappa shape index (κ1) is 20.2. The van der Waals surface area contributed by atoms with E-state index in [9.17, 15) is 18.0 Å². The topological polar surface area (TPSA) is 57.6 Å². The van der Waals surface area contributed by atoms with Crippen LogP contribution in [0.5, 0.6) is 0 Å². The molecule has 32 heavy (non-hydrogen) atoms. The zero-order valence-corrected chi connectivity index (χ0v) is 16.9. The van der Waals surface area contributed by atoms with Gasteiger partial charge >= 0.3 is 6.18 Å². The van der Waals surface area contributed by atoms with Crippen molar-refractivity contribution in [2.45, 2.75) is 24.4 Å². The normalized spacial score (nSPS) is 21.0. The lowest BCUT2D eigenvalue weighted by atomic mass is 9.71. The molecule has 0 aliphatic carbocycles. The molecule has 0 saturated carbocycles. The second kappa shape index (κ2) is 7.47. The molecule has 3 aromatic rings. The number of carbonyl (C=O) groups excluding carboxylic acids is 1. The van der Waals surface area contributed by atoms with Crippen LogP contribution < -0.4 is 10.3 Å². The molecule has 8 heteroatoms. The molecule has 1 aromatic heterocycles. The number of anilines is 1. The van der Waals surface area contributed by atoms with Gasteiger partial charge in [0.05, 0.1) is 11.2 Å². The first-order valence-corrected chi connectivity index (χ1v) is 10.2. The van der Waals surface area contributed by atoms with E-state index in [0.29, 0.717) is 16.5 Å². The fourth-order valence-electron chi connectivity index (χ4n) is 4.38. The van der Waals surface area contributed by atoms with Crippen molar-refractivity contribution >= 4 is 28.2 Å². The van der Waals surface area contributed by atoms with Crippen molar-refractivity contribution in [1.29, 1.82) is 0 Å². The van der Waals surface area contributed by atoms with E-state index < -0.39 is 23.9 Å². The molecule has 2 aromatic carbocycles. The second-order valence-electron chi connectivity index (χ2n) is 7.87. The summed E-state index contributed by atoms with van der Waals surface area (Å²) in [5.74, 6) is -1.19. The number of carbonyl (C=O) groups is 1. The van der Waals surface area contributed by atoms with Crippen LogP contribution >= 0.6 is 0 Å². The number of rotatable bonds is 3. The van der Waals surface area contributed by atoms with Crippen LogP contribution in [0.2, 0.25) is 0 Å². The van der Waals surface area contributed by atoms with Crippen molar-refractivity contribution in [1.82, 2.24) is 10.4 Å². The van der Waals surface area contributed by atoms with E-state index in [4.69, 9.17) is 0 Å². The number of hydrogen-bond donors (Lipinski definition) is 1. The maximum Gasteiger partial charge on any atom is 0.407 e. The van der Waals surface area contributed by atoms with Crippen molar-refractivity contribution in [3.63, 3.8) is 0 Å². The lowest BCUT2D eigenvalue weighted by molar-refractivity contribution is -0.194. The van der Waals surface area contributed by atoms with E-state index in [1.807, 2.05) is 18.3 Å². The summed E-state index contributed by atoms with van der Waals surface area (Å²) < 4.78 is 44.0. The Morgan fingerprint density at radius 3 is 2.56 bits per heavy atom. The third kappa shape index (κ3) is 3.14. The van der Waals surface area contributed by atoms with Crippen LogP contribution in [0, 0.1) is 0 Å². The van der Waals surface area contributed by atoms with Crippen molar-refractivity contribution in [3.8, 4) is 0 Å². The van der Waals surface area contributed by atoms with Crippen molar-refractivity contribution in [3.05, 3.63) is 84.2 Å². The Bertz CT molecular complexity index is 1240. The fraction of sp³-hybridized carbons (Fsp3) is 0.208. The number of hydrazone groups is 1. The number of nitrogens with zero attached hydrogens (tertiary/aromatic N) is 3. The predicted octanol–water partition coefficient (Wildman–Crippen LogP) is 4.68. The molecule has 1 N–H and O–H groups in total. The molecule has 0 fully saturated rings. The molecule has 1 unspecified atom stereocenters. The summed E-state index contributed by atoms with van der Waals surface area (Å²) in [7, 11) is 0. The van der Waals surface area contributed by atoms with Crippen LogP contribution in [-0.4, -0.2) is 29.3 Å². The van der Waals surface area contributed by atoms with Gasteiger partial charge in [0.15, 0.2) is 5.41 Å². The largest absolute Gasteiger partial charge is 0.407 e. The number of fused-ring (bicyclic) bond motifs is 1. The summed E-state index contributed by atoms with van der Waals surface area (Å²) in [6.45, 7) is 0.864. The molecule has 1 atom stereocenters. The molecule has 0 saturated heterocycles. The monoisotopic (exact) mass is 436 g/mol. The third-order valence-electron chi connectivity index (χ3n) is 6.06. The number of alkyl halides is 3. The maximum absolute atomic E-state index is 14.7. The van der Waals surface area contributed by atoms with E-state index in [1.165, 1.54) is 18.3 Å². The average Bonchev–Trinajstić information content (AvgIpc) is 3.34. The Morgan fingerprint density at radius 2 is 1.84 bits per heavy atom. The van der Waals surface area contributed by atoms with E-state index in [2.05, 4.69) is 26.5 Å². The zero-order chi connectivity index (χ0) is 22.3. The summed E-state index contributed by atoms with van der Waals surface area (Å²) in [5.41, 5.74) is 1.30. The molecule has 162 valence electrons. The van der Waals surface area contributed by atoms with E-state index in [-0.39, 0.29) is 11.3 Å². The van der Waals surface area contributed by atoms with Crippen molar-refractivity contribution in [2.75, 3.05) is 11.4 Å². The van der Waals surface area contributed by atoms with E-state index in [0.717, 1.165) is 18.7 Å². The molecule has 2 aliphatic rings. The molecular weight excluding hydrogens is 417 g/mol. The van der Waals surface area contributed by atoms with Gasteiger partial charge < -0.3 is 4.90 Å². The Kier molecular flexibility index (Phi) is 4.73. The minimum absolute atomic E-state index is 0.126. The average molecular weight is 436 g/mol. The number of halogens is 3. The lowest BCUT2D eigenvalue weighted by Crippen LogP contribution is -2.57. The molecular formula is C24H19F3N4O. The van der Waals surface area contributed by atoms with Gasteiger partial charge in [-0.1, -0.05) is 36.4 Å². The maximum atomic E-state index is 14.7. The van der Waals surface area contributed by atoms with Crippen molar-refractivity contribution in [2.24, 2.45) is 5.10 Å². The summed E-state index contributed by atoms with van der Waals surface area (Å²) >= 11 is 0. The molecule has 0 radical (unpaired) electrons. The molecule has 0 bridgehead atoms. The molecule has 5 nitrogen and oxygen atoms in total. The Balaban J connectivity index is 1.59. The molecule has 3 heterocycles. The minimum atomic E-state index is -4.84. The highest BCUT2D eigenvalue weighted by Crippen LogP contribution is 2.48. The van der Waals surface area contributed by atoms with Gasteiger partial charge in [0, 0.05) is 36.4 Å². The van der Waals surface area contributed by atoms with Crippen LogP contribution in [-0.2, 0) is 10.2 Å². The lowest BCUT2D eigenvalue weighted by Gasteiger charge is -2.37. The highest BCUT2D eigenvalue weighted by molar-refractivity contribution is 6.09. The van der Waals surface area contributed by atoms with Gasteiger partial charge in [-0.25, -0.2) is 5.43 Å². The van der Waals surface area contributed by atoms with Gasteiger partial charge in [0.25, 0.3) is 5.91 Å². The van der Waals surface area contributed by atoms with Gasteiger partial charge in [-0.05, 0) is 41.8 Å². The molecule has 0 spiro atoms. The Morgan fingerprint density at radius 1 is 1.03 bits per heavy atom. The minimum Gasteiger partial charge on any atom is -0.348 e. The summed E-state index contributed by atoms with van der Waals surface area (Å²) in [5, 5.41) is 4.29. The first-order valence-electron chi connectivity index (χ1n) is 10.2. The van der Waals surface area contributed by atoms with E-state index in [1.54, 1.807) is 30.3 Å². The van der Waals surface area contributed by atoms with Crippen LogP contribution in [0.1, 0.15) is 24.0 Å². The number of aromatic nitrogens is 1. The van der Waals surface area contributed by atoms with Crippen LogP contribution in [0.25, 0.3) is 10.9 Å². The van der Waals surface area contributed by atoms with Crippen LogP contribution in [0.3, 0.4) is 0 Å². The number of amides is 1.